The second kappa shape index (κ2) is 4.66. The molecular formula is C13H17FN2. The average molecular weight is 220 g/mol. The van der Waals surface area contributed by atoms with Crippen molar-refractivity contribution >= 4 is 10.9 Å². The van der Waals surface area contributed by atoms with Crippen LogP contribution in [0.1, 0.15) is 12.1 Å². The predicted octanol–water partition coefficient (Wildman–Crippen LogP) is 2.47. The van der Waals surface area contributed by atoms with Gasteiger partial charge in [0.1, 0.15) is 5.82 Å². The summed E-state index contributed by atoms with van der Waals surface area (Å²) in [6.45, 7) is 1.01. The molecule has 0 spiro atoms. The maximum absolute atomic E-state index is 13.1. The number of rotatable bonds is 4. The molecule has 0 atom stereocenters. The first-order valence-electron chi connectivity index (χ1n) is 5.61. The van der Waals surface area contributed by atoms with Crippen LogP contribution in [-0.2, 0) is 13.5 Å². The van der Waals surface area contributed by atoms with Gasteiger partial charge in [0, 0.05) is 23.6 Å². The van der Waals surface area contributed by atoms with Gasteiger partial charge in [-0.1, -0.05) is 0 Å². The fourth-order valence-corrected chi connectivity index (χ4v) is 2.06. The largest absolute Gasteiger partial charge is 0.348 e. The Morgan fingerprint density at radius 1 is 1.31 bits per heavy atom. The predicted molar refractivity (Wildman–Crippen MR) is 65.1 cm³/mol. The van der Waals surface area contributed by atoms with Crippen molar-refractivity contribution in [2.75, 3.05) is 13.6 Å². The zero-order chi connectivity index (χ0) is 11.5. The van der Waals surface area contributed by atoms with Crippen LogP contribution in [0.3, 0.4) is 0 Å². The van der Waals surface area contributed by atoms with Gasteiger partial charge in [-0.05, 0) is 50.7 Å². The van der Waals surface area contributed by atoms with Crippen LogP contribution < -0.4 is 5.32 Å². The molecule has 1 aromatic carbocycles. The number of nitrogens with zero attached hydrogens (tertiary/aromatic N) is 1. The lowest BCUT2D eigenvalue weighted by molar-refractivity contribution is 0.629. The standard InChI is InChI=1S/C13H17FN2/c1-15-7-3-4-12-9-10-8-11(14)5-6-13(10)16(12)2/h5-6,8-9,15H,3-4,7H2,1-2H3. The smallest absolute Gasteiger partial charge is 0.123 e. The van der Waals surface area contributed by atoms with Gasteiger partial charge < -0.3 is 9.88 Å². The molecule has 0 bridgehead atoms. The van der Waals surface area contributed by atoms with E-state index in [1.165, 1.54) is 11.8 Å². The summed E-state index contributed by atoms with van der Waals surface area (Å²) < 4.78 is 15.2. The molecule has 0 amide bonds. The van der Waals surface area contributed by atoms with Gasteiger partial charge in [-0.25, -0.2) is 4.39 Å². The Morgan fingerprint density at radius 3 is 2.88 bits per heavy atom. The molecule has 86 valence electrons. The van der Waals surface area contributed by atoms with E-state index in [1.54, 1.807) is 6.07 Å². The normalized spacial score (nSPS) is 11.2. The van der Waals surface area contributed by atoms with E-state index in [4.69, 9.17) is 0 Å². The summed E-state index contributed by atoms with van der Waals surface area (Å²) in [5, 5.41) is 4.12. The summed E-state index contributed by atoms with van der Waals surface area (Å²) >= 11 is 0. The van der Waals surface area contributed by atoms with Crippen LogP contribution >= 0.6 is 0 Å². The summed E-state index contributed by atoms with van der Waals surface area (Å²) in [5.74, 6) is -0.167. The van der Waals surface area contributed by atoms with Gasteiger partial charge >= 0.3 is 0 Å². The molecule has 2 aromatic rings. The Labute approximate surface area is 95.1 Å². The zero-order valence-corrected chi connectivity index (χ0v) is 9.76. The Morgan fingerprint density at radius 2 is 2.12 bits per heavy atom. The van der Waals surface area contributed by atoms with E-state index in [9.17, 15) is 4.39 Å². The third-order valence-electron chi connectivity index (χ3n) is 2.96. The van der Waals surface area contributed by atoms with Crippen molar-refractivity contribution < 1.29 is 4.39 Å². The molecule has 0 aliphatic rings. The molecule has 1 N–H and O–H groups in total. The van der Waals surface area contributed by atoms with Crippen LogP contribution in [0.2, 0.25) is 0 Å². The number of aromatic nitrogens is 1. The molecule has 1 heterocycles. The number of nitrogens with one attached hydrogen (secondary N) is 1. The van der Waals surface area contributed by atoms with Crippen molar-refractivity contribution in [1.82, 2.24) is 9.88 Å². The number of hydrogen-bond acceptors (Lipinski definition) is 1. The Hall–Kier alpha value is -1.35. The van der Waals surface area contributed by atoms with E-state index in [1.807, 2.05) is 20.2 Å². The molecule has 0 radical (unpaired) electrons. The van der Waals surface area contributed by atoms with Gasteiger partial charge in [0.2, 0.25) is 0 Å². The molecule has 2 rings (SSSR count). The number of halogens is 1. The van der Waals surface area contributed by atoms with Gasteiger partial charge in [-0.3, -0.25) is 0 Å². The van der Waals surface area contributed by atoms with Crippen LogP contribution in [-0.4, -0.2) is 18.2 Å². The van der Waals surface area contributed by atoms with Crippen LogP contribution in [0.5, 0.6) is 0 Å². The van der Waals surface area contributed by atoms with Crippen molar-refractivity contribution in [1.29, 1.82) is 0 Å². The highest BCUT2D eigenvalue weighted by molar-refractivity contribution is 5.81. The highest BCUT2D eigenvalue weighted by Gasteiger charge is 2.05. The lowest BCUT2D eigenvalue weighted by Crippen LogP contribution is -2.09. The first-order valence-corrected chi connectivity index (χ1v) is 5.61. The van der Waals surface area contributed by atoms with Crippen LogP contribution in [0.25, 0.3) is 10.9 Å². The molecule has 16 heavy (non-hydrogen) atoms. The number of hydrogen-bond donors (Lipinski definition) is 1. The monoisotopic (exact) mass is 220 g/mol. The Kier molecular flexibility index (Phi) is 3.25. The van der Waals surface area contributed by atoms with E-state index in [2.05, 4.69) is 16.0 Å². The minimum absolute atomic E-state index is 0.167. The van der Waals surface area contributed by atoms with Gasteiger partial charge in [0.05, 0.1) is 0 Å². The molecular weight excluding hydrogens is 203 g/mol. The van der Waals surface area contributed by atoms with Crippen LogP contribution in [0.4, 0.5) is 4.39 Å². The van der Waals surface area contributed by atoms with E-state index < -0.39 is 0 Å². The first-order chi connectivity index (χ1) is 7.72. The molecule has 0 saturated heterocycles. The van der Waals surface area contributed by atoms with Crippen molar-refractivity contribution in [3.8, 4) is 0 Å². The molecule has 3 heteroatoms. The first kappa shape index (κ1) is 11.1. The molecule has 0 saturated carbocycles. The lowest BCUT2D eigenvalue weighted by Gasteiger charge is -2.03. The second-order valence-corrected chi connectivity index (χ2v) is 4.10. The quantitative estimate of drug-likeness (QED) is 0.783. The van der Waals surface area contributed by atoms with Gasteiger partial charge in [0.25, 0.3) is 0 Å². The summed E-state index contributed by atoms with van der Waals surface area (Å²) in [6.07, 6.45) is 2.12. The molecule has 0 aliphatic carbocycles. The summed E-state index contributed by atoms with van der Waals surface area (Å²) in [4.78, 5) is 0. The highest BCUT2D eigenvalue weighted by atomic mass is 19.1. The van der Waals surface area contributed by atoms with Gasteiger partial charge in [-0.15, -0.1) is 0 Å². The molecule has 0 aliphatic heterocycles. The number of aryl methyl sites for hydroxylation is 2. The SMILES string of the molecule is CNCCCc1cc2cc(F)ccc2n1C. The molecule has 2 nitrogen and oxygen atoms in total. The molecule has 0 fully saturated rings. The highest BCUT2D eigenvalue weighted by Crippen LogP contribution is 2.20. The van der Waals surface area contributed by atoms with Crippen molar-refractivity contribution in [3.05, 3.63) is 35.8 Å². The summed E-state index contributed by atoms with van der Waals surface area (Å²) in [7, 11) is 3.99. The Bertz CT molecular complexity index is 488. The fraction of sp³-hybridized carbons (Fsp3) is 0.385. The fourth-order valence-electron chi connectivity index (χ4n) is 2.06. The van der Waals surface area contributed by atoms with Crippen molar-refractivity contribution in [3.63, 3.8) is 0 Å². The lowest BCUT2D eigenvalue weighted by atomic mass is 10.2. The maximum atomic E-state index is 13.1. The minimum atomic E-state index is -0.167. The molecule has 0 unspecified atom stereocenters. The van der Waals surface area contributed by atoms with Crippen molar-refractivity contribution in [2.24, 2.45) is 7.05 Å². The van der Waals surface area contributed by atoms with E-state index in [-0.39, 0.29) is 5.82 Å². The summed E-state index contributed by atoms with van der Waals surface area (Å²) in [6, 6.07) is 7.02. The van der Waals surface area contributed by atoms with Gasteiger partial charge in [0.15, 0.2) is 0 Å². The van der Waals surface area contributed by atoms with E-state index in [0.717, 1.165) is 30.3 Å². The van der Waals surface area contributed by atoms with Gasteiger partial charge in [-0.2, -0.15) is 0 Å². The topological polar surface area (TPSA) is 17.0 Å². The summed E-state index contributed by atoms with van der Waals surface area (Å²) in [5.41, 5.74) is 2.36. The third kappa shape index (κ3) is 2.09. The average Bonchev–Trinajstić information content (AvgIpc) is 2.56. The maximum Gasteiger partial charge on any atom is 0.123 e. The number of benzene rings is 1. The Balaban J connectivity index is 2.29. The van der Waals surface area contributed by atoms with E-state index in [0.29, 0.717) is 0 Å². The van der Waals surface area contributed by atoms with E-state index >= 15 is 0 Å². The van der Waals surface area contributed by atoms with Crippen LogP contribution in [0, 0.1) is 5.82 Å². The van der Waals surface area contributed by atoms with Crippen LogP contribution in [0.15, 0.2) is 24.3 Å². The number of fused-ring (bicyclic) bond motifs is 1. The molecule has 1 aromatic heterocycles. The minimum Gasteiger partial charge on any atom is -0.348 e. The zero-order valence-electron chi connectivity index (χ0n) is 9.76. The van der Waals surface area contributed by atoms with Crippen molar-refractivity contribution in [2.45, 2.75) is 12.8 Å². The third-order valence-corrected chi connectivity index (χ3v) is 2.96. The second-order valence-electron chi connectivity index (χ2n) is 4.10.